The van der Waals surface area contributed by atoms with E-state index >= 15 is 0 Å². The lowest BCUT2D eigenvalue weighted by Gasteiger charge is -2.24. The van der Waals surface area contributed by atoms with Gasteiger partial charge in [-0.1, -0.05) is 58.0 Å². The smallest absolute Gasteiger partial charge is 0.389 e. The summed E-state index contributed by atoms with van der Waals surface area (Å²) in [5.74, 6) is -1.35. The average molecular weight is 481 g/mol. The van der Waals surface area contributed by atoms with E-state index in [0.29, 0.717) is 24.2 Å². The minimum atomic E-state index is -1.33. The minimum absolute atomic E-state index is 0.118. The molecule has 0 bridgehead atoms. The van der Waals surface area contributed by atoms with Gasteiger partial charge in [0.2, 0.25) is 5.89 Å². The van der Waals surface area contributed by atoms with E-state index < -0.39 is 23.8 Å². The molecule has 0 spiro atoms. The van der Waals surface area contributed by atoms with Gasteiger partial charge < -0.3 is 20.2 Å². The van der Waals surface area contributed by atoms with Gasteiger partial charge in [-0.05, 0) is 42.5 Å². The van der Waals surface area contributed by atoms with E-state index in [1.165, 1.54) is 4.68 Å². The first-order chi connectivity index (χ1) is 16.7. The molecule has 3 N–H and O–H groups in total. The Bertz CT molecular complexity index is 1200. The van der Waals surface area contributed by atoms with Crippen LogP contribution in [-0.2, 0) is 6.54 Å². The second kappa shape index (κ2) is 11.6. The maximum atomic E-state index is 13.2. The molecule has 2 amide bonds. The highest BCUT2D eigenvalue weighted by Gasteiger charge is 2.30. The summed E-state index contributed by atoms with van der Waals surface area (Å²) >= 11 is 0. The van der Waals surface area contributed by atoms with Gasteiger partial charge in [-0.25, -0.2) is 4.79 Å². The van der Waals surface area contributed by atoms with Crippen LogP contribution in [0.1, 0.15) is 66.8 Å². The number of amides is 2. The molecule has 3 aromatic rings. The Hall–Kier alpha value is -3.72. The molecule has 1 heterocycles. The molecule has 186 valence electrons. The number of hydrogen-bond donors (Lipinski definition) is 3. The van der Waals surface area contributed by atoms with Gasteiger partial charge in [0.25, 0.3) is 11.8 Å². The number of rotatable bonds is 10. The molecule has 0 saturated carbocycles. The third-order valence-electron chi connectivity index (χ3n) is 5.29. The lowest BCUT2D eigenvalue weighted by Crippen LogP contribution is -2.40. The lowest BCUT2D eigenvalue weighted by molar-refractivity contribution is 0.0710. The number of hydrogen-bond acceptors (Lipinski definition) is 6. The molecule has 0 fully saturated rings. The molecule has 3 rings (SSSR count). The van der Waals surface area contributed by atoms with Crippen LogP contribution >= 0.6 is 0 Å². The number of aliphatic hydroxyl groups excluding tert-OH is 1. The normalized spacial score (nSPS) is 13.0. The van der Waals surface area contributed by atoms with Crippen LogP contribution in [0.3, 0.4) is 0 Å². The zero-order chi connectivity index (χ0) is 25.5. The van der Waals surface area contributed by atoms with Gasteiger partial charge >= 0.3 is 5.76 Å². The first-order valence-corrected chi connectivity index (χ1v) is 11.7. The van der Waals surface area contributed by atoms with Crippen LogP contribution in [0, 0.1) is 11.8 Å². The van der Waals surface area contributed by atoms with Crippen LogP contribution in [0.5, 0.6) is 0 Å². The van der Waals surface area contributed by atoms with Crippen LogP contribution in [0.4, 0.5) is 5.69 Å². The first-order valence-electron chi connectivity index (χ1n) is 11.7. The molecule has 1 aromatic heterocycles. The molecule has 9 heteroatoms. The third-order valence-corrected chi connectivity index (χ3v) is 5.29. The molecule has 2 unspecified atom stereocenters. The molecule has 0 aliphatic heterocycles. The van der Waals surface area contributed by atoms with Gasteiger partial charge in [0.05, 0.1) is 23.8 Å². The maximum absolute atomic E-state index is 13.2. The summed E-state index contributed by atoms with van der Waals surface area (Å²) in [6.07, 6.45) is -0.917. The van der Waals surface area contributed by atoms with Crippen LogP contribution < -0.4 is 16.4 Å². The van der Waals surface area contributed by atoms with Crippen molar-refractivity contribution in [3.63, 3.8) is 0 Å². The minimum Gasteiger partial charge on any atom is -0.389 e. The SMILES string of the molecule is CC(C)CC(NC(=O)c1ccccc1NC(=O)c1ccccc1)C(O)c1nn(CC(C)C)c(=O)o1. The van der Waals surface area contributed by atoms with E-state index in [9.17, 15) is 19.5 Å². The van der Waals surface area contributed by atoms with Crippen molar-refractivity contribution >= 4 is 17.5 Å². The fourth-order valence-electron chi connectivity index (χ4n) is 3.67. The Balaban J connectivity index is 1.81. The first kappa shape index (κ1) is 25.9. The Morgan fingerprint density at radius 3 is 2.29 bits per heavy atom. The topological polar surface area (TPSA) is 126 Å². The number of para-hydroxylation sites is 1. The number of anilines is 1. The maximum Gasteiger partial charge on any atom is 0.437 e. The van der Waals surface area contributed by atoms with Crippen molar-refractivity contribution in [3.05, 3.63) is 82.2 Å². The van der Waals surface area contributed by atoms with Crippen LogP contribution in [0.25, 0.3) is 0 Å². The average Bonchev–Trinajstić information content (AvgIpc) is 3.18. The second-order valence-electron chi connectivity index (χ2n) is 9.30. The van der Waals surface area contributed by atoms with E-state index in [1.807, 2.05) is 33.8 Å². The number of nitrogens with zero attached hydrogens (tertiary/aromatic N) is 2. The molecule has 35 heavy (non-hydrogen) atoms. The Kier molecular flexibility index (Phi) is 8.59. The fourth-order valence-corrected chi connectivity index (χ4v) is 3.67. The fraction of sp³-hybridized carbons (Fsp3) is 0.385. The number of benzene rings is 2. The zero-order valence-corrected chi connectivity index (χ0v) is 20.4. The van der Waals surface area contributed by atoms with Gasteiger partial charge in [-0.2, -0.15) is 4.68 Å². The monoisotopic (exact) mass is 480 g/mol. The summed E-state index contributed by atoms with van der Waals surface area (Å²) in [5.41, 5.74) is 1.04. The van der Waals surface area contributed by atoms with Gasteiger partial charge in [0.1, 0.15) is 0 Å². The molecule has 0 aliphatic carbocycles. The largest absolute Gasteiger partial charge is 0.437 e. The summed E-state index contributed by atoms with van der Waals surface area (Å²) in [6.45, 7) is 8.13. The van der Waals surface area contributed by atoms with Crippen molar-refractivity contribution in [1.82, 2.24) is 15.1 Å². The van der Waals surface area contributed by atoms with Crippen molar-refractivity contribution in [2.24, 2.45) is 11.8 Å². The third kappa shape index (κ3) is 6.89. The van der Waals surface area contributed by atoms with E-state index in [1.54, 1.807) is 48.5 Å². The molecule has 2 atom stereocenters. The van der Waals surface area contributed by atoms with Crippen LogP contribution in [0.2, 0.25) is 0 Å². The van der Waals surface area contributed by atoms with Crippen molar-refractivity contribution in [3.8, 4) is 0 Å². The highest BCUT2D eigenvalue weighted by atomic mass is 16.4. The van der Waals surface area contributed by atoms with Crippen LogP contribution in [-0.4, -0.2) is 32.7 Å². The van der Waals surface area contributed by atoms with Gasteiger partial charge in [-0.3, -0.25) is 9.59 Å². The zero-order valence-electron chi connectivity index (χ0n) is 20.4. The molecule has 2 aromatic carbocycles. The van der Waals surface area contributed by atoms with E-state index in [-0.39, 0.29) is 29.2 Å². The van der Waals surface area contributed by atoms with Crippen LogP contribution in [0.15, 0.2) is 63.8 Å². The van der Waals surface area contributed by atoms with Crippen molar-refractivity contribution in [1.29, 1.82) is 0 Å². The molecular weight excluding hydrogens is 448 g/mol. The number of carbonyl (C=O) groups excluding carboxylic acids is 2. The Morgan fingerprint density at radius 2 is 1.63 bits per heavy atom. The number of nitrogens with one attached hydrogen (secondary N) is 2. The number of aliphatic hydroxyl groups is 1. The molecule has 9 nitrogen and oxygen atoms in total. The summed E-state index contributed by atoms with van der Waals surface area (Å²) in [4.78, 5) is 38.0. The Morgan fingerprint density at radius 1 is 0.971 bits per heavy atom. The lowest BCUT2D eigenvalue weighted by atomic mass is 9.98. The van der Waals surface area contributed by atoms with Crippen molar-refractivity contribution in [2.45, 2.75) is 52.8 Å². The summed E-state index contributed by atoms with van der Waals surface area (Å²) in [7, 11) is 0. The molecule has 0 radical (unpaired) electrons. The van der Waals surface area contributed by atoms with E-state index in [0.717, 1.165) is 0 Å². The molecule has 0 saturated heterocycles. The predicted molar refractivity (Wildman–Crippen MR) is 132 cm³/mol. The predicted octanol–water partition coefficient (Wildman–Crippen LogP) is 3.62. The second-order valence-corrected chi connectivity index (χ2v) is 9.30. The molecular formula is C26H32N4O5. The van der Waals surface area contributed by atoms with E-state index in [2.05, 4.69) is 15.7 Å². The number of aromatic nitrogens is 2. The Labute approximate surface area is 204 Å². The number of carbonyl (C=O) groups is 2. The van der Waals surface area contributed by atoms with Gasteiger partial charge in [-0.15, -0.1) is 5.10 Å². The molecule has 0 aliphatic rings. The van der Waals surface area contributed by atoms with Gasteiger partial charge in [0.15, 0.2) is 6.10 Å². The summed E-state index contributed by atoms with van der Waals surface area (Å²) in [6, 6.07) is 14.5. The highest BCUT2D eigenvalue weighted by Crippen LogP contribution is 2.22. The summed E-state index contributed by atoms with van der Waals surface area (Å²) < 4.78 is 6.36. The van der Waals surface area contributed by atoms with E-state index in [4.69, 9.17) is 4.42 Å². The summed E-state index contributed by atoms with van der Waals surface area (Å²) in [5, 5.41) is 20.7. The quantitative estimate of drug-likeness (QED) is 0.407. The highest BCUT2D eigenvalue weighted by molar-refractivity contribution is 6.09. The van der Waals surface area contributed by atoms with Crippen molar-refractivity contribution < 1.29 is 19.1 Å². The van der Waals surface area contributed by atoms with Gasteiger partial charge in [0, 0.05) is 5.56 Å². The standard InChI is InChI=1S/C26H32N4O5/c1-16(2)14-21(22(31)25-29-30(15-17(3)4)26(34)35-25)28-24(33)19-12-8-9-13-20(19)27-23(32)18-10-6-5-7-11-18/h5-13,16-17,21-22,31H,14-15H2,1-4H3,(H,27,32)(H,28,33). The van der Waals surface area contributed by atoms with Crippen molar-refractivity contribution in [2.75, 3.05) is 5.32 Å².